The number of furan rings is 2. The number of fused-ring (bicyclic) bond motifs is 1. The van der Waals surface area contributed by atoms with E-state index in [4.69, 9.17) is 8.83 Å². The van der Waals surface area contributed by atoms with Gasteiger partial charge in [-0.25, -0.2) is 0 Å². The van der Waals surface area contributed by atoms with Gasteiger partial charge in [0, 0.05) is 13.1 Å². The molecule has 2 amide bonds. The Kier molecular flexibility index (Phi) is 27.0. The number of aryl methyl sites for hydroxylation is 2. The quantitative estimate of drug-likeness (QED) is 0.0415. The minimum Gasteiger partial charge on any atom is -0.454 e. The Labute approximate surface area is 458 Å². The van der Waals surface area contributed by atoms with Gasteiger partial charge >= 0.3 is 0 Å². The zero-order chi connectivity index (χ0) is 52.3. The minimum absolute atomic E-state index is 0.0790. The lowest BCUT2D eigenvalue weighted by Gasteiger charge is -2.29. The van der Waals surface area contributed by atoms with Crippen molar-refractivity contribution in [1.82, 2.24) is 9.80 Å². The highest BCUT2D eigenvalue weighted by Gasteiger charge is 2.51. The molecule has 0 saturated carbocycles. The molecule has 2 atom stereocenters. The summed E-state index contributed by atoms with van der Waals surface area (Å²) in [5.74, 6) is 3.32. The van der Waals surface area contributed by atoms with E-state index in [1.807, 2.05) is 21.9 Å². The van der Waals surface area contributed by atoms with Crippen molar-refractivity contribution in [3.05, 3.63) is 81.0 Å². The van der Waals surface area contributed by atoms with Crippen LogP contribution in [-0.2, 0) is 22.4 Å². The van der Waals surface area contributed by atoms with Gasteiger partial charge in [0.2, 0.25) is 0 Å². The smallest absolute Gasteiger partial charge is 0.261 e. The fourth-order valence-corrected chi connectivity index (χ4v) is 13.4. The maximum absolute atomic E-state index is 15.9. The molecule has 74 heavy (non-hydrogen) atoms. The van der Waals surface area contributed by atoms with Crippen molar-refractivity contribution in [2.75, 3.05) is 13.1 Å². The van der Waals surface area contributed by atoms with E-state index in [0.29, 0.717) is 59.0 Å². The molecule has 0 spiro atoms. The molecule has 0 saturated heterocycles. The maximum Gasteiger partial charge on any atom is 0.261 e. The molecule has 0 radical (unpaired) electrons. The van der Waals surface area contributed by atoms with Crippen molar-refractivity contribution in [3.8, 4) is 21.3 Å². The summed E-state index contributed by atoms with van der Waals surface area (Å²) in [7, 11) is 0. The molecule has 4 aromatic rings. The van der Waals surface area contributed by atoms with Gasteiger partial charge in [0.1, 0.15) is 22.9 Å². The summed E-state index contributed by atoms with van der Waals surface area (Å²) in [6, 6.07) is 12.8. The molecule has 0 aromatic carbocycles. The Morgan fingerprint density at radius 3 is 1.04 bits per heavy atom. The third kappa shape index (κ3) is 17.7. The average Bonchev–Trinajstić information content (AvgIpc) is 4.29. The topological polar surface area (TPSA) is 66.9 Å². The number of carbonyl (C=O) groups excluding carboxylic acids is 2. The third-order valence-electron chi connectivity index (χ3n) is 16.0. The molecule has 410 valence electrons. The van der Waals surface area contributed by atoms with E-state index in [2.05, 4.69) is 76.6 Å². The van der Waals surface area contributed by atoms with Gasteiger partial charge in [0.15, 0.2) is 11.5 Å². The maximum atomic E-state index is 15.9. The van der Waals surface area contributed by atoms with Crippen LogP contribution in [-0.4, -0.2) is 34.7 Å². The van der Waals surface area contributed by atoms with Crippen LogP contribution in [0, 0.1) is 11.8 Å². The van der Waals surface area contributed by atoms with Crippen LogP contribution < -0.4 is 0 Å². The Morgan fingerprint density at radius 1 is 0.392 bits per heavy atom. The normalized spacial score (nSPS) is 14.7. The number of thiophene rings is 2. The molecule has 2 aliphatic heterocycles. The van der Waals surface area contributed by atoms with E-state index in [1.165, 1.54) is 165 Å². The molecule has 2 unspecified atom stereocenters. The molecular formula is C66H100N2O4S2. The first kappa shape index (κ1) is 59.6. The zero-order valence-electron chi connectivity index (χ0n) is 47.6. The van der Waals surface area contributed by atoms with Crippen molar-refractivity contribution < 1.29 is 18.4 Å². The average molecular weight is 1050 g/mol. The number of hydrogen-bond acceptors (Lipinski definition) is 6. The Hall–Kier alpha value is -3.62. The van der Waals surface area contributed by atoms with Crippen molar-refractivity contribution >= 4 is 45.9 Å². The van der Waals surface area contributed by atoms with Crippen LogP contribution in [0.5, 0.6) is 0 Å². The van der Waals surface area contributed by atoms with Crippen molar-refractivity contribution in [2.45, 2.75) is 260 Å². The lowest BCUT2D eigenvalue weighted by molar-refractivity contribution is -0.124. The fraction of sp³-hybridized carbons (Fsp3) is 0.667. The van der Waals surface area contributed by atoms with Gasteiger partial charge in [-0.3, -0.25) is 9.59 Å². The van der Waals surface area contributed by atoms with Crippen LogP contribution >= 0.6 is 22.7 Å². The highest BCUT2D eigenvalue weighted by Crippen LogP contribution is 2.49. The van der Waals surface area contributed by atoms with E-state index in [-0.39, 0.29) is 11.8 Å². The number of amides is 2. The van der Waals surface area contributed by atoms with Gasteiger partial charge in [-0.15, -0.1) is 22.7 Å². The summed E-state index contributed by atoms with van der Waals surface area (Å²) in [4.78, 5) is 37.9. The first-order valence-electron chi connectivity index (χ1n) is 30.8. The summed E-state index contributed by atoms with van der Waals surface area (Å²) in [6.45, 7) is 14.8. The highest BCUT2D eigenvalue weighted by molar-refractivity contribution is 7.14. The second kappa shape index (κ2) is 33.5. The van der Waals surface area contributed by atoms with Crippen LogP contribution in [0.2, 0.25) is 0 Å². The molecule has 4 aromatic heterocycles. The van der Waals surface area contributed by atoms with Gasteiger partial charge in [-0.2, -0.15) is 0 Å². The molecule has 6 nitrogen and oxygen atoms in total. The molecule has 0 N–H and O–H groups in total. The summed E-state index contributed by atoms with van der Waals surface area (Å²) in [5, 5.41) is 4.56. The summed E-state index contributed by atoms with van der Waals surface area (Å²) >= 11 is 3.46. The fourth-order valence-electron chi connectivity index (χ4n) is 11.6. The van der Waals surface area contributed by atoms with Gasteiger partial charge < -0.3 is 18.6 Å². The van der Waals surface area contributed by atoms with E-state index in [9.17, 15) is 0 Å². The van der Waals surface area contributed by atoms with Gasteiger partial charge in [-0.1, -0.05) is 208 Å². The largest absolute Gasteiger partial charge is 0.454 e. The van der Waals surface area contributed by atoms with E-state index >= 15 is 9.59 Å². The lowest BCUT2D eigenvalue weighted by atomic mass is 9.93. The summed E-state index contributed by atoms with van der Waals surface area (Å²) in [6.07, 6.45) is 40.9. The van der Waals surface area contributed by atoms with Crippen LogP contribution in [0.3, 0.4) is 0 Å². The summed E-state index contributed by atoms with van der Waals surface area (Å²) < 4.78 is 13.9. The second-order valence-corrected chi connectivity index (χ2v) is 24.2. The SMILES string of the molecule is CCCCCCCCC(CCCCCC)CN1C(=O)C2=C(c3ccc(-c4cc(CCCCCC)cs4)o3)N(CC(CCCCCC)CCCCCCCC)C(=O)C2=C1c1ccc(-c2cc(CCCCCC)cs2)o1. The first-order valence-corrected chi connectivity index (χ1v) is 32.6. The van der Waals surface area contributed by atoms with Gasteiger partial charge in [0.05, 0.1) is 20.9 Å². The first-order chi connectivity index (χ1) is 36.3. The predicted octanol–water partition coefficient (Wildman–Crippen LogP) is 21.1. The Balaban J connectivity index is 1.43. The summed E-state index contributed by atoms with van der Waals surface area (Å²) in [5.41, 5.74) is 5.03. The number of unbranched alkanes of at least 4 members (excludes halogenated alkanes) is 22. The van der Waals surface area contributed by atoms with Crippen molar-refractivity contribution in [2.24, 2.45) is 11.8 Å². The van der Waals surface area contributed by atoms with E-state index in [1.54, 1.807) is 22.7 Å². The van der Waals surface area contributed by atoms with Crippen molar-refractivity contribution in [1.29, 1.82) is 0 Å². The monoisotopic (exact) mass is 1050 g/mol. The molecule has 0 bridgehead atoms. The van der Waals surface area contributed by atoms with Gasteiger partial charge in [-0.05, 0) is 121 Å². The molecule has 2 aliphatic rings. The third-order valence-corrected chi connectivity index (χ3v) is 18.0. The number of rotatable bonds is 42. The van der Waals surface area contributed by atoms with E-state index in [0.717, 1.165) is 85.5 Å². The molecule has 6 heterocycles. The lowest BCUT2D eigenvalue weighted by Crippen LogP contribution is -2.34. The standard InChI is InChI=1S/C66H100N2O4S2/c1-7-13-19-25-27-33-37-51(35-29-21-15-9-3)47-67-63(57-43-41-55(71-57)59-45-53(49-73-59)39-31-23-17-11-5)61-62(65(67)69)64(58-44-42-56(72-58)60-46-54(50-74-60)40-32-24-18-12-6)68(66(61)70)48-52(36-30-22-16-10-4)38-34-28-26-20-14-8-2/h41-46,49-52H,7-40,47-48H2,1-6H3. The van der Waals surface area contributed by atoms with Crippen LogP contribution in [0.1, 0.15) is 270 Å². The van der Waals surface area contributed by atoms with E-state index < -0.39 is 0 Å². The van der Waals surface area contributed by atoms with Gasteiger partial charge in [0.25, 0.3) is 11.8 Å². The minimum atomic E-state index is -0.0790. The van der Waals surface area contributed by atoms with Crippen molar-refractivity contribution in [3.63, 3.8) is 0 Å². The number of hydrogen-bond donors (Lipinski definition) is 0. The van der Waals surface area contributed by atoms with Crippen LogP contribution in [0.25, 0.3) is 32.7 Å². The van der Waals surface area contributed by atoms with Crippen LogP contribution in [0.15, 0.2) is 67.1 Å². The molecule has 0 aliphatic carbocycles. The van der Waals surface area contributed by atoms with Crippen LogP contribution in [0.4, 0.5) is 0 Å². The predicted molar refractivity (Wildman–Crippen MR) is 317 cm³/mol. The molecule has 0 fully saturated rings. The Morgan fingerprint density at radius 2 is 0.689 bits per heavy atom. The zero-order valence-corrected chi connectivity index (χ0v) is 49.2. The molecular weight excluding hydrogens is 949 g/mol. The molecule has 8 heteroatoms. The number of carbonyl (C=O) groups is 2. The molecule has 6 rings (SSSR count). The highest BCUT2D eigenvalue weighted by atomic mass is 32.1. The second-order valence-electron chi connectivity index (χ2n) is 22.4. The number of nitrogens with zero attached hydrogens (tertiary/aromatic N) is 2. The Bertz CT molecular complexity index is 2130.